The molecule has 1 fully saturated rings. The highest BCUT2D eigenvalue weighted by atomic mass is 16.5. The zero-order valence-corrected chi connectivity index (χ0v) is 14.8. The van der Waals surface area contributed by atoms with Gasteiger partial charge in [0.2, 0.25) is 0 Å². The maximum atomic E-state index is 12.4. The Morgan fingerprint density at radius 1 is 1.17 bits per heavy atom. The molecule has 0 bridgehead atoms. The average Bonchev–Trinajstić information content (AvgIpc) is 2.64. The Morgan fingerprint density at radius 2 is 1.83 bits per heavy atom. The predicted octanol–water partition coefficient (Wildman–Crippen LogP) is 1.60. The molecule has 2 rings (SSSR count). The highest BCUT2D eigenvalue weighted by Gasteiger charge is 2.28. The highest BCUT2D eigenvalue weighted by Crippen LogP contribution is 2.28. The number of hydrogen-bond donors (Lipinski definition) is 0. The number of para-hydroxylation sites is 2. The summed E-state index contributed by atoms with van der Waals surface area (Å²) in [5.41, 5.74) is 1.03. The number of benzene rings is 1. The largest absolute Gasteiger partial charge is 0.495 e. The fraction of sp³-hybridized carbons (Fsp3) is 0.556. The van der Waals surface area contributed by atoms with Crippen LogP contribution in [0, 0.1) is 0 Å². The smallest absolute Gasteiger partial charge is 0.312 e. The number of likely N-dealkylation sites (N-methyl/N-ethyl adjacent to an activating group) is 1. The third-order valence-corrected chi connectivity index (χ3v) is 4.37. The first kappa shape index (κ1) is 18.1. The molecule has 0 radical (unpaired) electrons. The van der Waals surface area contributed by atoms with Gasteiger partial charge in [0.1, 0.15) is 5.75 Å². The molecule has 0 aliphatic carbocycles. The van der Waals surface area contributed by atoms with Gasteiger partial charge in [-0.3, -0.25) is 9.59 Å². The molecule has 1 heterocycles. The molecule has 0 atom stereocenters. The topological polar surface area (TPSA) is 53.1 Å². The Morgan fingerprint density at radius 3 is 2.46 bits per heavy atom. The van der Waals surface area contributed by atoms with Crippen LogP contribution in [0.5, 0.6) is 5.75 Å². The number of rotatable bonds is 5. The summed E-state index contributed by atoms with van der Waals surface area (Å²) in [5.74, 6) is 0.0233. The number of carbonyl (C=O) groups is 2. The van der Waals surface area contributed by atoms with E-state index in [2.05, 4.69) is 11.8 Å². The summed E-state index contributed by atoms with van der Waals surface area (Å²) in [4.78, 5) is 29.9. The minimum absolute atomic E-state index is 0.395. The summed E-state index contributed by atoms with van der Waals surface area (Å²) in [5, 5.41) is 0. The molecular formula is C18H27N3O3. The predicted molar refractivity (Wildman–Crippen MR) is 94.3 cm³/mol. The van der Waals surface area contributed by atoms with Gasteiger partial charge < -0.3 is 19.4 Å². The molecule has 0 aromatic heterocycles. The van der Waals surface area contributed by atoms with Crippen LogP contribution in [0.15, 0.2) is 24.3 Å². The molecule has 0 saturated carbocycles. The number of piperazine rings is 1. The van der Waals surface area contributed by atoms with Gasteiger partial charge in [-0.15, -0.1) is 0 Å². The van der Waals surface area contributed by atoms with Crippen LogP contribution in [0.2, 0.25) is 0 Å². The van der Waals surface area contributed by atoms with E-state index in [1.165, 1.54) is 4.90 Å². The summed E-state index contributed by atoms with van der Waals surface area (Å²) >= 11 is 0. The lowest BCUT2D eigenvalue weighted by Gasteiger charge is -2.36. The number of amides is 2. The third kappa shape index (κ3) is 4.19. The number of anilines is 1. The van der Waals surface area contributed by atoms with E-state index in [0.717, 1.165) is 24.3 Å². The minimum atomic E-state index is -0.408. The molecule has 0 spiro atoms. The van der Waals surface area contributed by atoms with Crippen molar-refractivity contribution < 1.29 is 14.3 Å². The molecule has 1 aromatic rings. The standard InChI is InChI=1S/C18H27N3O3/c1-4-5-10-19(2)17(22)18(23)21-13-11-20(12-14-21)15-8-6-7-9-16(15)24-3/h6-9H,4-5,10-14H2,1-3H3. The Balaban J connectivity index is 1.92. The summed E-state index contributed by atoms with van der Waals surface area (Å²) in [6.45, 7) is 5.17. The maximum Gasteiger partial charge on any atom is 0.312 e. The van der Waals surface area contributed by atoms with Crippen molar-refractivity contribution in [2.75, 3.05) is 51.8 Å². The molecular weight excluding hydrogens is 306 g/mol. The summed E-state index contributed by atoms with van der Waals surface area (Å²) in [7, 11) is 3.35. The molecule has 132 valence electrons. The zero-order chi connectivity index (χ0) is 17.5. The molecule has 1 aromatic carbocycles. The summed E-state index contributed by atoms with van der Waals surface area (Å²) in [6, 6.07) is 7.85. The van der Waals surface area contributed by atoms with E-state index in [1.54, 1.807) is 19.1 Å². The maximum absolute atomic E-state index is 12.4. The van der Waals surface area contributed by atoms with E-state index in [-0.39, 0.29) is 0 Å². The quantitative estimate of drug-likeness (QED) is 0.768. The van der Waals surface area contributed by atoms with Crippen LogP contribution in [0.3, 0.4) is 0 Å². The van der Waals surface area contributed by atoms with E-state index < -0.39 is 11.8 Å². The molecule has 6 nitrogen and oxygen atoms in total. The van der Waals surface area contributed by atoms with Gasteiger partial charge in [-0.25, -0.2) is 0 Å². The lowest BCUT2D eigenvalue weighted by molar-refractivity contribution is -0.151. The number of nitrogens with zero attached hydrogens (tertiary/aromatic N) is 3. The van der Waals surface area contributed by atoms with E-state index in [1.807, 2.05) is 24.3 Å². The van der Waals surface area contributed by atoms with Crippen molar-refractivity contribution in [1.82, 2.24) is 9.80 Å². The summed E-state index contributed by atoms with van der Waals surface area (Å²) in [6.07, 6.45) is 1.92. The molecule has 24 heavy (non-hydrogen) atoms. The minimum Gasteiger partial charge on any atom is -0.495 e. The molecule has 1 aliphatic rings. The average molecular weight is 333 g/mol. The van der Waals surface area contributed by atoms with Gasteiger partial charge in [-0.1, -0.05) is 25.5 Å². The van der Waals surface area contributed by atoms with E-state index in [4.69, 9.17) is 4.74 Å². The van der Waals surface area contributed by atoms with E-state index in [0.29, 0.717) is 32.7 Å². The van der Waals surface area contributed by atoms with Crippen LogP contribution in [0.25, 0.3) is 0 Å². The molecule has 1 aliphatic heterocycles. The van der Waals surface area contributed by atoms with Crippen molar-refractivity contribution >= 4 is 17.5 Å². The van der Waals surface area contributed by atoms with Crippen LogP contribution in [0.4, 0.5) is 5.69 Å². The van der Waals surface area contributed by atoms with Gasteiger partial charge in [0.25, 0.3) is 0 Å². The lowest BCUT2D eigenvalue weighted by atomic mass is 10.2. The molecule has 0 N–H and O–H groups in total. The second kappa shape index (κ2) is 8.57. The van der Waals surface area contributed by atoms with Crippen LogP contribution < -0.4 is 9.64 Å². The molecule has 6 heteroatoms. The monoisotopic (exact) mass is 333 g/mol. The fourth-order valence-electron chi connectivity index (χ4n) is 2.84. The van der Waals surface area contributed by atoms with Crippen molar-refractivity contribution in [2.24, 2.45) is 0 Å². The molecule has 2 amide bonds. The van der Waals surface area contributed by atoms with Gasteiger partial charge in [0, 0.05) is 39.8 Å². The van der Waals surface area contributed by atoms with Crippen molar-refractivity contribution in [3.63, 3.8) is 0 Å². The van der Waals surface area contributed by atoms with Crippen molar-refractivity contribution in [3.8, 4) is 5.75 Å². The van der Waals surface area contributed by atoms with Crippen LogP contribution in [0.1, 0.15) is 19.8 Å². The number of carbonyl (C=O) groups excluding carboxylic acids is 2. The first-order chi connectivity index (χ1) is 11.6. The number of hydrogen-bond acceptors (Lipinski definition) is 4. The van der Waals surface area contributed by atoms with Crippen molar-refractivity contribution in [3.05, 3.63) is 24.3 Å². The van der Waals surface area contributed by atoms with Gasteiger partial charge >= 0.3 is 11.8 Å². The van der Waals surface area contributed by atoms with Crippen molar-refractivity contribution in [2.45, 2.75) is 19.8 Å². The van der Waals surface area contributed by atoms with Gasteiger partial charge in [-0.05, 0) is 18.6 Å². The third-order valence-electron chi connectivity index (χ3n) is 4.37. The Hall–Kier alpha value is -2.24. The SMILES string of the molecule is CCCCN(C)C(=O)C(=O)N1CCN(c2ccccc2OC)CC1. The lowest BCUT2D eigenvalue weighted by Crippen LogP contribution is -2.53. The Kier molecular flexibility index (Phi) is 6.46. The first-order valence-corrected chi connectivity index (χ1v) is 8.50. The number of methoxy groups -OCH3 is 1. The van der Waals surface area contributed by atoms with Crippen LogP contribution in [-0.2, 0) is 9.59 Å². The van der Waals surface area contributed by atoms with Gasteiger partial charge in [0.15, 0.2) is 0 Å². The van der Waals surface area contributed by atoms with Crippen LogP contribution >= 0.6 is 0 Å². The normalized spacial score (nSPS) is 14.5. The fourth-order valence-corrected chi connectivity index (χ4v) is 2.84. The second-order valence-corrected chi connectivity index (χ2v) is 6.03. The van der Waals surface area contributed by atoms with E-state index in [9.17, 15) is 9.59 Å². The number of unbranched alkanes of at least 4 members (excludes halogenated alkanes) is 1. The van der Waals surface area contributed by atoms with Gasteiger partial charge in [-0.2, -0.15) is 0 Å². The molecule has 1 saturated heterocycles. The zero-order valence-electron chi connectivity index (χ0n) is 14.8. The molecule has 0 unspecified atom stereocenters. The first-order valence-electron chi connectivity index (χ1n) is 8.50. The van der Waals surface area contributed by atoms with Gasteiger partial charge in [0.05, 0.1) is 12.8 Å². The summed E-state index contributed by atoms with van der Waals surface area (Å²) < 4.78 is 5.40. The second-order valence-electron chi connectivity index (χ2n) is 6.03. The van der Waals surface area contributed by atoms with Crippen molar-refractivity contribution in [1.29, 1.82) is 0 Å². The Bertz CT molecular complexity index is 568. The van der Waals surface area contributed by atoms with Crippen LogP contribution in [-0.4, -0.2) is 68.5 Å². The number of ether oxygens (including phenoxy) is 1. The Labute approximate surface area is 144 Å². The van der Waals surface area contributed by atoms with E-state index >= 15 is 0 Å². The highest BCUT2D eigenvalue weighted by molar-refractivity contribution is 6.34.